The lowest BCUT2D eigenvalue weighted by atomic mass is 10.1. The van der Waals surface area contributed by atoms with Crippen molar-refractivity contribution in [2.75, 3.05) is 26.7 Å². The highest BCUT2D eigenvalue weighted by molar-refractivity contribution is 6.31. The molecule has 1 atom stereocenters. The van der Waals surface area contributed by atoms with Crippen molar-refractivity contribution in [2.24, 2.45) is 4.99 Å². The highest BCUT2D eigenvalue weighted by Crippen LogP contribution is 2.30. The third kappa shape index (κ3) is 4.61. The van der Waals surface area contributed by atoms with Gasteiger partial charge in [0.25, 0.3) is 5.69 Å². The maximum Gasteiger partial charge on any atom is 0.263 e. The average Bonchev–Trinajstić information content (AvgIpc) is 3.21. The molecule has 148 valence electrons. The van der Waals surface area contributed by atoms with Gasteiger partial charge in [0.15, 0.2) is 0 Å². The Kier molecular flexibility index (Phi) is 6.49. The number of quaternary nitrogens is 1. The number of nitro groups is 1. The zero-order chi connectivity index (χ0) is 20.1. The molecule has 7 nitrogen and oxygen atoms in total. The second-order valence-electron chi connectivity index (χ2n) is 6.79. The maximum absolute atomic E-state index is 12.2. The first-order valence-corrected chi connectivity index (χ1v) is 9.50. The molecular formula is C20H22ClN3O4. The molecule has 1 heterocycles. The number of rotatable bonds is 7. The Morgan fingerprint density at radius 3 is 2.75 bits per heavy atom. The van der Waals surface area contributed by atoms with Crippen LogP contribution >= 0.6 is 11.6 Å². The number of nitrogens with one attached hydrogen (secondary N) is 1. The van der Waals surface area contributed by atoms with Crippen molar-refractivity contribution in [3.63, 3.8) is 0 Å². The van der Waals surface area contributed by atoms with Gasteiger partial charge in [-0.1, -0.05) is 23.7 Å². The van der Waals surface area contributed by atoms with E-state index in [0.29, 0.717) is 6.54 Å². The van der Waals surface area contributed by atoms with E-state index in [0.717, 1.165) is 30.5 Å². The number of nitro benzene ring substituents is 1. The normalized spacial score (nSPS) is 15.8. The van der Waals surface area contributed by atoms with Crippen molar-refractivity contribution in [1.29, 1.82) is 0 Å². The van der Waals surface area contributed by atoms with Crippen LogP contribution in [0, 0.1) is 10.1 Å². The highest BCUT2D eigenvalue weighted by Gasteiger charge is 2.27. The van der Waals surface area contributed by atoms with Crippen LogP contribution in [0.2, 0.25) is 5.02 Å². The van der Waals surface area contributed by atoms with Crippen molar-refractivity contribution >= 4 is 23.5 Å². The molecule has 1 N–H and O–H groups in total. The van der Waals surface area contributed by atoms with Crippen LogP contribution in [0.4, 0.5) is 5.69 Å². The van der Waals surface area contributed by atoms with Crippen molar-refractivity contribution in [3.8, 4) is 11.5 Å². The molecule has 0 unspecified atom stereocenters. The molecule has 1 saturated heterocycles. The van der Waals surface area contributed by atoms with E-state index in [2.05, 4.69) is 11.1 Å². The van der Waals surface area contributed by atoms with E-state index in [1.165, 1.54) is 30.0 Å². The van der Waals surface area contributed by atoms with E-state index in [4.69, 9.17) is 16.3 Å². The summed E-state index contributed by atoms with van der Waals surface area (Å²) in [5.41, 5.74) is 0.705. The van der Waals surface area contributed by atoms with Gasteiger partial charge >= 0.3 is 0 Å². The Hall–Kier alpha value is -2.64. The van der Waals surface area contributed by atoms with E-state index in [1.54, 1.807) is 7.11 Å². The lowest BCUT2D eigenvalue weighted by Gasteiger charge is -2.24. The van der Waals surface area contributed by atoms with Gasteiger partial charge in [0, 0.05) is 35.7 Å². The SMILES string of the molecule is COc1cccc([C@H](CN=Cc2cc(Cl)cc([N+](=O)[O-])c2[O-])[NH+]2CCCC2)c1. The topological polar surface area (TPSA) is 92.2 Å². The number of halogens is 1. The standard InChI is InChI=1S/C20H22ClN3O4/c1-28-17-6-4-5-14(10-17)19(23-7-2-3-8-23)13-22-12-15-9-16(21)11-18(20(15)25)24(26)27/h4-6,9-12,19,25H,2-3,7-8,13H2,1H3/t19-/m0/s1. The average molecular weight is 404 g/mol. The number of likely N-dealkylation sites (tertiary alicyclic amines) is 1. The van der Waals surface area contributed by atoms with Gasteiger partial charge in [-0.25, -0.2) is 0 Å². The Bertz CT molecular complexity index is 882. The Labute approximate surface area is 168 Å². The summed E-state index contributed by atoms with van der Waals surface area (Å²) in [5, 5.41) is 23.4. The Morgan fingerprint density at radius 2 is 2.07 bits per heavy atom. The molecule has 28 heavy (non-hydrogen) atoms. The maximum atomic E-state index is 12.2. The molecule has 0 amide bonds. The molecule has 0 spiro atoms. The van der Waals surface area contributed by atoms with Gasteiger partial charge in [0.2, 0.25) is 0 Å². The fourth-order valence-electron chi connectivity index (χ4n) is 3.59. The van der Waals surface area contributed by atoms with Gasteiger partial charge in [0.1, 0.15) is 11.8 Å². The number of benzene rings is 2. The smallest absolute Gasteiger partial charge is 0.263 e. The summed E-state index contributed by atoms with van der Waals surface area (Å²) >= 11 is 5.92. The molecule has 1 aliphatic rings. The van der Waals surface area contributed by atoms with Gasteiger partial charge in [-0.05, 0) is 29.5 Å². The highest BCUT2D eigenvalue weighted by atomic mass is 35.5. The number of methoxy groups -OCH3 is 1. The number of hydrogen-bond donors (Lipinski definition) is 1. The van der Waals surface area contributed by atoms with E-state index < -0.39 is 16.4 Å². The Morgan fingerprint density at radius 1 is 1.32 bits per heavy atom. The third-order valence-electron chi connectivity index (χ3n) is 5.01. The van der Waals surface area contributed by atoms with E-state index >= 15 is 0 Å². The molecule has 0 saturated carbocycles. The predicted octanol–water partition coefficient (Wildman–Crippen LogP) is 2.17. The van der Waals surface area contributed by atoms with Crippen molar-refractivity contribution in [2.45, 2.75) is 18.9 Å². The largest absolute Gasteiger partial charge is 0.867 e. The fourth-order valence-corrected chi connectivity index (χ4v) is 3.81. The van der Waals surface area contributed by atoms with Crippen LogP contribution in [0.25, 0.3) is 0 Å². The second-order valence-corrected chi connectivity index (χ2v) is 7.23. The van der Waals surface area contributed by atoms with Gasteiger partial charge in [-0.3, -0.25) is 15.1 Å². The predicted molar refractivity (Wildman–Crippen MR) is 106 cm³/mol. The van der Waals surface area contributed by atoms with Crippen molar-refractivity contribution < 1.29 is 19.7 Å². The molecule has 2 aromatic carbocycles. The quantitative estimate of drug-likeness (QED) is 0.435. The lowest BCUT2D eigenvalue weighted by molar-refractivity contribution is -0.918. The van der Waals surface area contributed by atoms with Crippen LogP contribution in [0.3, 0.4) is 0 Å². The molecule has 0 aromatic heterocycles. The van der Waals surface area contributed by atoms with E-state index in [9.17, 15) is 15.2 Å². The summed E-state index contributed by atoms with van der Waals surface area (Å²) in [4.78, 5) is 16.2. The first-order chi connectivity index (χ1) is 13.5. The fraction of sp³-hybridized carbons (Fsp3) is 0.350. The third-order valence-corrected chi connectivity index (χ3v) is 5.23. The van der Waals surface area contributed by atoms with Gasteiger partial charge in [-0.2, -0.15) is 0 Å². The molecule has 0 radical (unpaired) electrons. The van der Waals surface area contributed by atoms with Gasteiger partial charge in [-0.15, -0.1) is 0 Å². The number of ether oxygens (including phenoxy) is 1. The van der Waals surface area contributed by atoms with Gasteiger partial charge < -0.3 is 14.7 Å². The molecule has 0 aliphatic carbocycles. The monoisotopic (exact) mass is 403 g/mol. The summed E-state index contributed by atoms with van der Waals surface area (Å²) in [6.45, 7) is 2.59. The molecular weight excluding hydrogens is 382 g/mol. The molecule has 1 aliphatic heterocycles. The minimum Gasteiger partial charge on any atom is -0.867 e. The summed E-state index contributed by atoms with van der Waals surface area (Å²) in [5.74, 6) is 0.113. The lowest BCUT2D eigenvalue weighted by Crippen LogP contribution is -3.10. The van der Waals surface area contributed by atoms with Crippen LogP contribution in [0.15, 0.2) is 41.4 Å². The number of nitrogens with zero attached hydrogens (tertiary/aromatic N) is 2. The minimum absolute atomic E-state index is 0.123. The molecule has 0 bridgehead atoms. The molecule has 1 fully saturated rings. The number of aliphatic imine (C=N–C) groups is 1. The number of hydrogen-bond acceptors (Lipinski definition) is 5. The molecule has 2 aromatic rings. The summed E-state index contributed by atoms with van der Waals surface area (Å²) in [7, 11) is 1.64. The first kappa shape index (κ1) is 20.1. The zero-order valence-electron chi connectivity index (χ0n) is 15.6. The van der Waals surface area contributed by atoms with Crippen LogP contribution in [-0.2, 0) is 0 Å². The van der Waals surface area contributed by atoms with Crippen molar-refractivity contribution in [3.05, 3.63) is 62.7 Å². The second kappa shape index (κ2) is 9.03. The zero-order valence-corrected chi connectivity index (χ0v) is 16.3. The molecule has 3 rings (SSSR count). The van der Waals surface area contributed by atoms with Gasteiger partial charge in [0.05, 0.1) is 31.7 Å². The van der Waals surface area contributed by atoms with E-state index in [-0.39, 0.29) is 16.6 Å². The summed E-state index contributed by atoms with van der Waals surface area (Å²) in [6, 6.07) is 10.5. The van der Waals surface area contributed by atoms with Crippen LogP contribution in [0.1, 0.15) is 30.0 Å². The Balaban J connectivity index is 1.85. The summed E-state index contributed by atoms with van der Waals surface area (Å²) in [6.07, 6.45) is 3.74. The van der Waals surface area contributed by atoms with Crippen LogP contribution in [0.5, 0.6) is 11.5 Å². The molecule has 8 heteroatoms. The van der Waals surface area contributed by atoms with Crippen LogP contribution < -0.4 is 14.7 Å². The van der Waals surface area contributed by atoms with Crippen LogP contribution in [-0.4, -0.2) is 37.9 Å². The summed E-state index contributed by atoms with van der Waals surface area (Å²) < 4.78 is 5.34. The minimum atomic E-state index is -0.723. The first-order valence-electron chi connectivity index (χ1n) is 9.13. The van der Waals surface area contributed by atoms with Crippen molar-refractivity contribution in [1.82, 2.24) is 0 Å². The van der Waals surface area contributed by atoms with E-state index in [1.807, 2.05) is 18.2 Å².